The van der Waals surface area contributed by atoms with Gasteiger partial charge in [0, 0.05) is 32.7 Å². The van der Waals surface area contributed by atoms with Gasteiger partial charge in [0.1, 0.15) is 5.52 Å². The summed E-state index contributed by atoms with van der Waals surface area (Å²) < 4.78 is 0. The van der Waals surface area contributed by atoms with E-state index in [4.69, 9.17) is 0 Å². The first-order valence-electron chi connectivity index (χ1n) is 7.07. The number of likely N-dealkylation sites (N-methyl/N-ethyl adjacent to an activating group) is 1. The molecule has 1 saturated heterocycles. The van der Waals surface area contributed by atoms with Crippen LogP contribution in [0, 0.1) is 0 Å². The number of H-pyrrole nitrogens is 1. The number of aromatic nitrogens is 4. The molecule has 108 valence electrons. The van der Waals surface area contributed by atoms with Gasteiger partial charge in [-0.1, -0.05) is 6.92 Å². The molecule has 2 N–H and O–H groups in total. The average Bonchev–Trinajstić information content (AvgIpc) is 2.95. The first kappa shape index (κ1) is 13.1. The topological polar surface area (TPSA) is 73.0 Å². The summed E-state index contributed by atoms with van der Waals surface area (Å²) >= 11 is 0. The molecule has 1 atom stereocenters. The maximum Gasteiger partial charge on any atom is 0.226 e. The number of rotatable bonds is 3. The minimum absolute atomic E-state index is 0.565. The summed E-state index contributed by atoms with van der Waals surface area (Å²) in [6.07, 6.45) is 2.82. The fourth-order valence-corrected chi connectivity index (χ4v) is 2.74. The van der Waals surface area contributed by atoms with Gasteiger partial charge in [0.05, 0.1) is 6.33 Å². The summed E-state index contributed by atoms with van der Waals surface area (Å²) in [5, 5.41) is 3.01. The van der Waals surface area contributed by atoms with Crippen LogP contribution in [0.15, 0.2) is 6.33 Å². The Morgan fingerprint density at radius 2 is 2.25 bits per heavy atom. The lowest BCUT2D eigenvalue weighted by molar-refractivity contribution is 0.213. The Bertz CT molecular complexity index is 593. The third kappa shape index (κ3) is 2.18. The smallest absolute Gasteiger partial charge is 0.226 e. The first-order valence-corrected chi connectivity index (χ1v) is 7.07. The Morgan fingerprint density at radius 1 is 1.40 bits per heavy atom. The Kier molecular flexibility index (Phi) is 3.43. The maximum absolute atomic E-state index is 4.62. The molecule has 20 heavy (non-hydrogen) atoms. The van der Waals surface area contributed by atoms with E-state index in [1.54, 1.807) is 6.33 Å². The highest BCUT2D eigenvalue weighted by Gasteiger charge is 2.26. The predicted octanol–water partition coefficient (Wildman–Crippen LogP) is 0.925. The van der Waals surface area contributed by atoms with Crippen LogP contribution in [0.1, 0.15) is 13.3 Å². The van der Waals surface area contributed by atoms with E-state index >= 15 is 0 Å². The van der Waals surface area contributed by atoms with Crippen molar-refractivity contribution in [3.05, 3.63) is 6.33 Å². The molecule has 1 aliphatic heterocycles. The Morgan fingerprint density at radius 3 is 3.00 bits per heavy atom. The van der Waals surface area contributed by atoms with Gasteiger partial charge in [-0.2, -0.15) is 9.97 Å². The SMILES string of the molecule is CCC1CN(c2nc(NC)nc3nc[nH]c23)CCN1C. The highest BCUT2D eigenvalue weighted by atomic mass is 15.3. The van der Waals surface area contributed by atoms with Crippen LogP contribution < -0.4 is 10.2 Å². The van der Waals surface area contributed by atoms with Crippen molar-refractivity contribution < 1.29 is 0 Å². The van der Waals surface area contributed by atoms with Crippen LogP contribution in [0.2, 0.25) is 0 Å². The molecule has 2 aromatic heterocycles. The Hall–Kier alpha value is -1.89. The van der Waals surface area contributed by atoms with E-state index in [0.29, 0.717) is 17.6 Å². The van der Waals surface area contributed by atoms with Crippen molar-refractivity contribution in [2.45, 2.75) is 19.4 Å². The molecule has 0 saturated carbocycles. The average molecular weight is 275 g/mol. The van der Waals surface area contributed by atoms with Crippen molar-refractivity contribution in [2.24, 2.45) is 0 Å². The molecule has 1 fully saturated rings. The quantitative estimate of drug-likeness (QED) is 0.868. The van der Waals surface area contributed by atoms with Crippen molar-refractivity contribution in [1.29, 1.82) is 0 Å². The van der Waals surface area contributed by atoms with Crippen LogP contribution in [0.4, 0.5) is 11.8 Å². The number of nitrogens with one attached hydrogen (secondary N) is 2. The molecular formula is C13H21N7. The minimum Gasteiger partial charge on any atom is -0.357 e. The molecule has 7 nitrogen and oxygen atoms in total. The summed E-state index contributed by atoms with van der Waals surface area (Å²) in [7, 11) is 4.02. The number of fused-ring (bicyclic) bond motifs is 1. The number of anilines is 2. The summed E-state index contributed by atoms with van der Waals surface area (Å²) in [5.41, 5.74) is 1.63. The first-order chi connectivity index (χ1) is 9.72. The van der Waals surface area contributed by atoms with Crippen LogP contribution in [0.5, 0.6) is 0 Å². The molecule has 0 radical (unpaired) electrons. The molecule has 7 heteroatoms. The molecule has 0 aliphatic carbocycles. The summed E-state index contributed by atoms with van der Waals surface area (Å²) in [5.74, 6) is 1.56. The fraction of sp³-hybridized carbons (Fsp3) is 0.615. The van der Waals surface area contributed by atoms with Gasteiger partial charge in [-0.25, -0.2) is 4.98 Å². The van der Waals surface area contributed by atoms with Gasteiger partial charge < -0.3 is 15.2 Å². The van der Waals surface area contributed by atoms with Crippen molar-refractivity contribution in [3.8, 4) is 0 Å². The van der Waals surface area contributed by atoms with Gasteiger partial charge in [-0.05, 0) is 13.5 Å². The van der Waals surface area contributed by atoms with Crippen LogP contribution in [-0.4, -0.2) is 64.6 Å². The van der Waals surface area contributed by atoms with E-state index < -0.39 is 0 Å². The molecular weight excluding hydrogens is 254 g/mol. The highest BCUT2D eigenvalue weighted by molar-refractivity contribution is 5.84. The number of hydrogen-bond acceptors (Lipinski definition) is 6. The second-order valence-electron chi connectivity index (χ2n) is 5.21. The second-order valence-corrected chi connectivity index (χ2v) is 5.21. The van der Waals surface area contributed by atoms with Crippen molar-refractivity contribution >= 4 is 22.9 Å². The number of aromatic amines is 1. The number of piperazine rings is 1. The standard InChI is InChI=1S/C13H21N7/c1-4-9-7-20(6-5-19(9)3)12-10-11(16-8-15-10)17-13(14-2)18-12/h8-9H,4-7H2,1-3H3,(H2,14,15,16,17,18). The van der Waals surface area contributed by atoms with Crippen molar-refractivity contribution in [1.82, 2.24) is 24.8 Å². The van der Waals surface area contributed by atoms with Gasteiger partial charge in [0.25, 0.3) is 0 Å². The van der Waals surface area contributed by atoms with Gasteiger partial charge in [-0.15, -0.1) is 0 Å². The van der Waals surface area contributed by atoms with E-state index in [1.165, 1.54) is 0 Å². The fourth-order valence-electron chi connectivity index (χ4n) is 2.74. The normalized spacial score (nSPS) is 20.6. The van der Waals surface area contributed by atoms with Crippen LogP contribution in [0.3, 0.4) is 0 Å². The van der Waals surface area contributed by atoms with Crippen LogP contribution in [-0.2, 0) is 0 Å². The minimum atomic E-state index is 0.565. The zero-order valence-electron chi connectivity index (χ0n) is 12.2. The highest BCUT2D eigenvalue weighted by Crippen LogP contribution is 2.25. The lowest BCUT2D eigenvalue weighted by Crippen LogP contribution is -2.51. The zero-order chi connectivity index (χ0) is 14.1. The monoisotopic (exact) mass is 275 g/mol. The van der Waals surface area contributed by atoms with E-state index in [2.05, 4.69) is 49.0 Å². The molecule has 0 spiro atoms. The van der Waals surface area contributed by atoms with Gasteiger partial charge >= 0.3 is 0 Å². The molecule has 0 aromatic carbocycles. The molecule has 0 bridgehead atoms. The summed E-state index contributed by atoms with van der Waals surface area (Å²) in [6.45, 7) is 5.24. The molecule has 2 aromatic rings. The number of imidazole rings is 1. The molecule has 3 heterocycles. The van der Waals surface area contributed by atoms with Crippen molar-refractivity contribution in [2.75, 3.05) is 43.9 Å². The molecule has 0 amide bonds. The van der Waals surface area contributed by atoms with E-state index in [0.717, 1.165) is 37.4 Å². The van der Waals surface area contributed by atoms with Crippen molar-refractivity contribution in [3.63, 3.8) is 0 Å². The molecule has 1 unspecified atom stereocenters. The largest absolute Gasteiger partial charge is 0.357 e. The number of hydrogen-bond donors (Lipinski definition) is 2. The Labute approximate surface area is 118 Å². The van der Waals surface area contributed by atoms with Gasteiger partial charge in [0.15, 0.2) is 11.5 Å². The second kappa shape index (κ2) is 5.24. The molecule has 3 rings (SSSR count). The van der Waals surface area contributed by atoms with Crippen LogP contribution in [0.25, 0.3) is 11.2 Å². The summed E-state index contributed by atoms with van der Waals surface area (Å²) in [4.78, 5) is 21.1. The Balaban J connectivity index is 1.98. The maximum atomic E-state index is 4.62. The summed E-state index contributed by atoms with van der Waals surface area (Å²) in [6, 6.07) is 0.565. The zero-order valence-corrected chi connectivity index (χ0v) is 12.2. The van der Waals surface area contributed by atoms with E-state index in [1.807, 2.05) is 7.05 Å². The van der Waals surface area contributed by atoms with E-state index in [-0.39, 0.29) is 0 Å². The third-order valence-electron chi connectivity index (χ3n) is 4.04. The molecule has 1 aliphatic rings. The van der Waals surface area contributed by atoms with E-state index in [9.17, 15) is 0 Å². The van der Waals surface area contributed by atoms with Gasteiger partial charge in [0.2, 0.25) is 5.95 Å². The lowest BCUT2D eigenvalue weighted by Gasteiger charge is -2.39. The van der Waals surface area contributed by atoms with Crippen LogP contribution >= 0.6 is 0 Å². The third-order valence-corrected chi connectivity index (χ3v) is 4.04. The number of nitrogens with zero attached hydrogens (tertiary/aromatic N) is 5. The predicted molar refractivity (Wildman–Crippen MR) is 80.2 cm³/mol. The van der Waals surface area contributed by atoms with Gasteiger partial charge in [-0.3, -0.25) is 4.90 Å². The lowest BCUT2D eigenvalue weighted by atomic mass is 10.1.